The van der Waals surface area contributed by atoms with Gasteiger partial charge in [0.15, 0.2) is 0 Å². The lowest BCUT2D eigenvalue weighted by molar-refractivity contribution is 0.557. The second kappa shape index (κ2) is 4.45. The van der Waals surface area contributed by atoms with Gasteiger partial charge >= 0.3 is 0 Å². The first kappa shape index (κ1) is 10.2. The number of halogens is 1. The summed E-state index contributed by atoms with van der Waals surface area (Å²) in [4.78, 5) is 0. The zero-order chi connectivity index (χ0) is 11.4. The summed E-state index contributed by atoms with van der Waals surface area (Å²) in [6.07, 6.45) is 3.10. The van der Waals surface area contributed by atoms with Crippen LogP contribution in [-0.2, 0) is 0 Å². The van der Waals surface area contributed by atoms with E-state index in [9.17, 15) is 4.39 Å². The average Bonchev–Trinajstić information content (AvgIpc) is 2.78. The van der Waals surface area contributed by atoms with E-state index in [1.807, 2.05) is 6.07 Å². The van der Waals surface area contributed by atoms with Crippen LogP contribution in [0.5, 0.6) is 0 Å². The molecule has 0 aliphatic carbocycles. The molecule has 0 radical (unpaired) electrons. The van der Waals surface area contributed by atoms with Gasteiger partial charge in [0.1, 0.15) is 11.6 Å². The zero-order valence-electron chi connectivity index (χ0n) is 8.35. The van der Waals surface area contributed by atoms with Gasteiger partial charge in [-0.1, -0.05) is 12.1 Å². The Morgan fingerprint density at radius 3 is 2.81 bits per heavy atom. The predicted octanol–water partition coefficient (Wildman–Crippen LogP) is 3.48. The Morgan fingerprint density at radius 1 is 1.31 bits per heavy atom. The summed E-state index contributed by atoms with van der Waals surface area (Å²) in [5.41, 5.74) is 0.911. The first-order valence-corrected chi connectivity index (χ1v) is 4.71. The number of nitriles is 1. The smallest absolute Gasteiger partial charge is 0.127 e. The van der Waals surface area contributed by atoms with Crippen molar-refractivity contribution in [3.63, 3.8) is 0 Å². The van der Waals surface area contributed by atoms with Crippen LogP contribution in [0.2, 0.25) is 0 Å². The van der Waals surface area contributed by atoms with E-state index in [4.69, 9.17) is 9.68 Å². The van der Waals surface area contributed by atoms with E-state index in [0.717, 1.165) is 0 Å². The van der Waals surface area contributed by atoms with Gasteiger partial charge in [0.25, 0.3) is 0 Å². The van der Waals surface area contributed by atoms with Crippen LogP contribution in [0, 0.1) is 17.1 Å². The van der Waals surface area contributed by atoms with Gasteiger partial charge in [-0.2, -0.15) is 5.26 Å². The quantitative estimate of drug-likeness (QED) is 0.716. The Bertz CT molecular complexity index is 550. The monoisotopic (exact) mass is 213 g/mol. The molecular weight excluding hydrogens is 205 g/mol. The van der Waals surface area contributed by atoms with Crippen LogP contribution in [-0.4, -0.2) is 0 Å². The summed E-state index contributed by atoms with van der Waals surface area (Å²) in [6, 6.07) is 11.4. The van der Waals surface area contributed by atoms with Crippen molar-refractivity contribution >= 4 is 11.6 Å². The van der Waals surface area contributed by atoms with Gasteiger partial charge in [-0.15, -0.1) is 0 Å². The van der Waals surface area contributed by atoms with Crippen LogP contribution < -0.4 is 0 Å². The highest BCUT2D eigenvalue weighted by Gasteiger charge is 2.03. The average molecular weight is 213 g/mol. The van der Waals surface area contributed by atoms with Crippen molar-refractivity contribution in [3.05, 3.63) is 59.8 Å². The molecule has 0 aliphatic rings. The van der Waals surface area contributed by atoms with Gasteiger partial charge < -0.3 is 4.42 Å². The third-order valence-electron chi connectivity index (χ3n) is 2.09. The molecular formula is C13H8FNO. The SMILES string of the molecule is N#C/C(=C/c1ccco1)c1cccc(F)c1. The lowest BCUT2D eigenvalue weighted by Crippen LogP contribution is -1.83. The van der Waals surface area contributed by atoms with E-state index in [1.54, 1.807) is 30.3 Å². The summed E-state index contributed by atoms with van der Waals surface area (Å²) in [5.74, 6) is 0.207. The number of hydrogen-bond donors (Lipinski definition) is 0. The third kappa shape index (κ3) is 2.18. The minimum atomic E-state index is -0.363. The zero-order valence-corrected chi connectivity index (χ0v) is 8.35. The third-order valence-corrected chi connectivity index (χ3v) is 2.09. The molecule has 78 valence electrons. The number of benzene rings is 1. The van der Waals surface area contributed by atoms with Crippen molar-refractivity contribution < 1.29 is 8.81 Å². The Hall–Kier alpha value is -2.34. The van der Waals surface area contributed by atoms with Crippen molar-refractivity contribution in [2.24, 2.45) is 0 Å². The van der Waals surface area contributed by atoms with E-state index in [2.05, 4.69) is 0 Å². The molecule has 0 aliphatic heterocycles. The largest absolute Gasteiger partial charge is 0.465 e. The molecule has 0 unspecified atom stereocenters. The highest BCUT2D eigenvalue weighted by molar-refractivity contribution is 5.88. The van der Waals surface area contributed by atoms with E-state index in [1.165, 1.54) is 18.4 Å². The normalized spacial score (nSPS) is 11.1. The molecule has 0 bridgehead atoms. The molecule has 0 saturated heterocycles. The molecule has 1 aromatic heterocycles. The fourth-order valence-electron chi connectivity index (χ4n) is 1.35. The van der Waals surface area contributed by atoms with Crippen molar-refractivity contribution in [1.29, 1.82) is 5.26 Å². The number of hydrogen-bond acceptors (Lipinski definition) is 2. The minimum Gasteiger partial charge on any atom is -0.465 e. The highest BCUT2D eigenvalue weighted by atomic mass is 19.1. The molecule has 0 amide bonds. The second-order valence-corrected chi connectivity index (χ2v) is 3.20. The van der Waals surface area contributed by atoms with Gasteiger partial charge in [-0.25, -0.2) is 4.39 Å². The van der Waals surface area contributed by atoms with Gasteiger partial charge in [-0.3, -0.25) is 0 Å². The molecule has 1 heterocycles. The molecule has 1 aromatic carbocycles. The van der Waals surface area contributed by atoms with E-state index in [0.29, 0.717) is 16.9 Å². The van der Waals surface area contributed by atoms with Gasteiger partial charge in [-0.05, 0) is 35.9 Å². The Kier molecular flexibility index (Phi) is 2.84. The molecule has 0 atom stereocenters. The van der Waals surface area contributed by atoms with Crippen molar-refractivity contribution in [3.8, 4) is 6.07 Å². The van der Waals surface area contributed by atoms with Gasteiger partial charge in [0, 0.05) is 0 Å². The summed E-state index contributed by atoms with van der Waals surface area (Å²) in [7, 11) is 0. The van der Waals surface area contributed by atoms with E-state index in [-0.39, 0.29) is 5.82 Å². The standard InChI is InChI=1S/C13H8FNO/c14-12-4-1-3-10(7-12)11(9-15)8-13-5-2-6-16-13/h1-8H/b11-8-. The molecule has 2 rings (SSSR count). The van der Waals surface area contributed by atoms with Crippen molar-refractivity contribution in [2.75, 3.05) is 0 Å². The topological polar surface area (TPSA) is 36.9 Å². The predicted molar refractivity (Wildman–Crippen MR) is 58.6 cm³/mol. The minimum absolute atomic E-state index is 0.363. The number of furan rings is 1. The second-order valence-electron chi connectivity index (χ2n) is 3.20. The lowest BCUT2D eigenvalue weighted by Gasteiger charge is -1.98. The fourth-order valence-corrected chi connectivity index (χ4v) is 1.35. The maximum absolute atomic E-state index is 13.0. The Labute approximate surface area is 92.2 Å². The molecule has 0 spiro atoms. The molecule has 2 aromatic rings. The van der Waals surface area contributed by atoms with Crippen LogP contribution >= 0.6 is 0 Å². The van der Waals surface area contributed by atoms with E-state index < -0.39 is 0 Å². The summed E-state index contributed by atoms with van der Waals surface area (Å²) >= 11 is 0. The van der Waals surface area contributed by atoms with Gasteiger partial charge in [0.2, 0.25) is 0 Å². The number of allylic oxidation sites excluding steroid dienone is 1. The highest BCUT2D eigenvalue weighted by Crippen LogP contribution is 2.18. The Balaban J connectivity index is 2.41. The molecule has 16 heavy (non-hydrogen) atoms. The summed E-state index contributed by atoms with van der Waals surface area (Å²) < 4.78 is 18.1. The lowest BCUT2D eigenvalue weighted by atomic mass is 10.1. The van der Waals surface area contributed by atoms with Gasteiger partial charge in [0.05, 0.1) is 17.9 Å². The van der Waals surface area contributed by atoms with Crippen LogP contribution in [0.1, 0.15) is 11.3 Å². The van der Waals surface area contributed by atoms with Crippen LogP contribution in [0.3, 0.4) is 0 Å². The maximum Gasteiger partial charge on any atom is 0.127 e. The first-order valence-electron chi connectivity index (χ1n) is 4.71. The van der Waals surface area contributed by atoms with Crippen molar-refractivity contribution in [1.82, 2.24) is 0 Å². The molecule has 0 N–H and O–H groups in total. The Morgan fingerprint density at radius 2 is 2.19 bits per heavy atom. The molecule has 0 saturated carbocycles. The van der Waals surface area contributed by atoms with Crippen LogP contribution in [0.4, 0.5) is 4.39 Å². The summed E-state index contributed by atoms with van der Waals surface area (Å²) in [5, 5.41) is 8.99. The van der Waals surface area contributed by atoms with Crippen molar-refractivity contribution in [2.45, 2.75) is 0 Å². The molecule has 2 nitrogen and oxygen atoms in total. The summed E-state index contributed by atoms with van der Waals surface area (Å²) in [6.45, 7) is 0. The van der Waals surface area contributed by atoms with Crippen LogP contribution in [0.25, 0.3) is 11.6 Å². The molecule has 0 fully saturated rings. The fraction of sp³-hybridized carbons (Fsp3) is 0. The number of rotatable bonds is 2. The van der Waals surface area contributed by atoms with Crippen LogP contribution in [0.15, 0.2) is 47.1 Å². The maximum atomic E-state index is 13.0. The van der Waals surface area contributed by atoms with E-state index >= 15 is 0 Å². The molecule has 3 heteroatoms. The number of nitrogens with zero attached hydrogens (tertiary/aromatic N) is 1. The first-order chi connectivity index (χ1) is 7.79.